The maximum absolute atomic E-state index is 12.9. The first-order valence-electron chi connectivity index (χ1n) is 10.3. The third-order valence-corrected chi connectivity index (χ3v) is 5.82. The fourth-order valence-corrected chi connectivity index (χ4v) is 4.16. The number of rotatable bonds is 5. The molecule has 1 amide bonds. The van der Waals surface area contributed by atoms with E-state index in [0.717, 1.165) is 35.9 Å². The standard InChI is InChI=1S/C23H26N4O2/c1-16-6-2-5-9-20(16)25-22(28)15-27-23(29)19-8-4-3-7-18(19)21(26-27)14-17-10-12-24-13-11-17/h3-4,7-8,10-13,16,20H,2,5-6,9,14-15H2,1H3,(H,25,28). The fraction of sp³-hybridized carbons (Fsp3) is 0.391. The fourth-order valence-electron chi connectivity index (χ4n) is 4.16. The summed E-state index contributed by atoms with van der Waals surface area (Å²) in [5.41, 5.74) is 1.61. The first kappa shape index (κ1) is 19.3. The summed E-state index contributed by atoms with van der Waals surface area (Å²) in [4.78, 5) is 29.7. The minimum atomic E-state index is -0.231. The quantitative estimate of drug-likeness (QED) is 0.726. The molecule has 1 aliphatic carbocycles. The molecule has 1 saturated carbocycles. The van der Waals surface area contributed by atoms with E-state index < -0.39 is 0 Å². The number of hydrogen-bond acceptors (Lipinski definition) is 4. The molecule has 1 aliphatic rings. The van der Waals surface area contributed by atoms with Crippen LogP contribution in [0.2, 0.25) is 0 Å². The van der Waals surface area contributed by atoms with Crippen molar-refractivity contribution in [3.63, 3.8) is 0 Å². The molecule has 0 radical (unpaired) electrons. The Morgan fingerprint density at radius 3 is 2.59 bits per heavy atom. The number of carbonyl (C=O) groups excluding carboxylic acids is 1. The molecule has 1 N–H and O–H groups in total. The highest BCUT2D eigenvalue weighted by Gasteiger charge is 2.23. The molecule has 2 aromatic heterocycles. The Balaban J connectivity index is 1.62. The molecule has 1 fully saturated rings. The van der Waals surface area contributed by atoms with Gasteiger partial charge in [-0.15, -0.1) is 0 Å². The Kier molecular flexibility index (Phi) is 5.69. The van der Waals surface area contributed by atoms with E-state index in [-0.39, 0.29) is 24.1 Å². The predicted molar refractivity (Wildman–Crippen MR) is 113 cm³/mol. The molecule has 1 aromatic carbocycles. The molecular formula is C23H26N4O2. The molecule has 0 aliphatic heterocycles. The average molecular weight is 390 g/mol. The van der Waals surface area contributed by atoms with Gasteiger partial charge in [0.15, 0.2) is 0 Å². The van der Waals surface area contributed by atoms with Gasteiger partial charge in [-0.05, 0) is 42.5 Å². The van der Waals surface area contributed by atoms with Gasteiger partial charge >= 0.3 is 0 Å². The monoisotopic (exact) mass is 390 g/mol. The molecule has 0 spiro atoms. The average Bonchev–Trinajstić information content (AvgIpc) is 2.74. The SMILES string of the molecule is CC1CCCCC1NC(=O)Cn1nc(Cc2ccncc2)c2ccccc2c1=O. The topological polar surface area (TPSA) is 76.9 Å². The van der Waals surface area contributed by atoms with Crippen molar-refractivity contribution < 1.29 is 4.79 Å². The van der Waals surface area contributed by atoms with Crippen molar-refractivity contribution in [2.45, 2.75) is 51.6 Å². The number of amides is 1. The van der Waals surface area contributed by atoms with E-state index in [0.29, 0.717) is 17.7 Å². The number of hydrogen-bond donors (Lipinski definition) is 1. The lowest BCUT2D eigenvalue weighted by Crippen LogP contribution is -2.44. The van der Waals surface area contributed by atoms with Crippen LogP contribution in [0.25, 0.3) is 10.8 Å². The molecule has 2 heterocycles. The summed E-state index contributed by atoms with van der Waals surface area (Å²) >= 11 is 0. The highest BCUT2D eigenvalue weighted by atomic mass is 16.2. The second kappa shape index (κ2) is 8.55. The van der Waals surface area contributed by atoms with Crippen LogP contribution in [-0.4, -0.2) is 26.7 Å². The van der Waals surface area contributed by atoms with Crippen LogP contribution in [0.15, 0.2) is 53.6 Å². The first-order valence-corrected chi connectivity index (χ1v) is 10.3. The van der Waals surface area contributed by atoms with E-state index in [1.165, 1.54) is 11.1 Å². The van der Waals surface area contributed by atoms with E-state index in [9.17, 15) is 9.59 Å². The van der Waals surface area contributed by atoms with Crippen LogP contribution in [0.5, 0.6) is 0 Å². The van der Waals surface area contributed by atoms with E-state index in [2.05, 4.69) is 22.3 Å². The number of aromatic nitrogens is 3. The molecule has 2 unspecified atom stereocenters. The number of fused-ring (bicyclic) bond motifs is 1. The Labute approximate surface area is 170 Å². The van der Waals surface area contributed by atoms with Crippen LogP contribution in [-0.2, 0) is 17.8 Å². The largest absolute Gasteiger partial charge is 0.351 e. The van der Waals surface area contributed by atoms with Gasteiger partial charge in [0.25, 0.3) is 5.56 Å². The predicted octanol–water partition coefficient (Wildman–Crippen LogP) is 3.08. The molecule has 3 aromatic rings. The van der Waals surface area contributed by atoms with Crippen molar-refractivity contribution >= 4 is 16.7 Å². The molecule has 150 valence electrons. The van der Waals surface area contributed by atoms with Gasteiger partial charge in [0.2, 0.25) is 5.91 Å². The van der Waals surface area contributed by atoms with Gasteiger partial charge in [0.1, 0.15) is 6.54 Å². The minimum absolute atomic E-state index is 0.0593. The second-order valence-corrected chi connectivity index (χ2v) is 7.92. The lowest BCUT2D eigenvalue weighted by Gasteiger charge is -2.29. The number of carbonyl (C=O) groups is 1. The van der Waals surface area contributed by atoms with Gasteiger partial charge in [-0.1, -0.05) is 38.0 Å². The summed E-state index contributed by atoms with van der Waals surface area (Å²) in [5, 5.41) is 9.10. The van der Waals surface area contributed by atoms with Gasteiger partial charge in [-0.25, -0.2) is 4.68 Å². The number of benzene rings is 1. The van der Waals surface area contributed by atoms with Crippen molar-refractivity contribution in [3.8, 4) is 0 Å². The zero-order valence-electron chi connectivity index (χ0n) is 16.7. The summed E-state index contributed by atoms with van der Waals surface area (Å²) in [5.74, 6) is 0.319. The molecule has 4 rings (SSSR count). The van der Waals surface area contributed by atoms with Crippen LogP contribution in [0, 0.1) is 5.92 Å². The van der Waals surface area contributed by atoms with Crippen LogP contribution in [0.3, 0.4) is 0 Å². The number of nitrogens with zero attached hydrogens (tertiary/aromatic N) is 3. The molecular weight excluding hydrogens is 364 g/mol. The van der Waals surface area contributed by atoms with Crippen molar-refractivity contribution in [1.29, 1.82) is 0 Å². The van der Waals surface area contributed by atoms with E-state index in [4.69, 9.17) is 0 Å². The van der Waals surface area contributed by atoms with Crippen molar-refractivity contribution in [3.05, 3.63) is 70.4 Å². The lowest BCUT2D eigenvalue weighted by atomic mass is 9.86. The van der Waals surface area contributed by atoms with Gasteiger partial charge in [-0.3, -0.25) is 14.6 Å². The van der Waals surface area contributed by atoms with Crippen LogP contribution in [0.4, 0.5) is 0 Å². The van der Waals surface area contributed by atoms with E-state index in [1.54, 1.807) is 18.5 Å². The van der Waals surface area contributed by atoms with Crippen molar-refractivity contribution in [1.82, 2.24) is 20.1 Å². The summed E-state index contributed by atoms with van der Waals surface area (Å²) in [6.07, 6.45) is 8.55. The maximum Gasteiger partial charge on any atom is 0.275 e. The maximum atomic E-state index is 12.9. The molecule has 0 saturated heterocycles. The smallest absolute Gasteiger partial charge is 0.275 e. The highest BCUT2D eigenvalue weighted by Crippen LogP contribution is 2.23. The first-order chi connectivity index (χ1) is 14.1. The van der Waals surface area contributed by atoms with Gasteiger partial charge in [-0.2, -0.15) is 5.10 Å². The zero-order valence-corrected chi connectivity index (χ0v) is 16.7. The molecule has 6 heteroatoms. The molecule has 6 nitrogen and oxygen atoms in total. The van der Waals surface area contributed by atoms with Crippen LogP contribution >= 0.6 is 0 Å². The van der Waals surface area contributed by atoms with Gasteiger partial charge in [0, 0.05) is 30.2 Å². The van der Waals surface area contributed by atoms with Gasteiger partial charge in [0.05, 0.1) is 11.1 Å². The number of pyridine rings is 1. The zero-order chi connectivity index (χ0) is 20.2. The molecule has 2 atom stereocenters. The van der Waals surface area contributed by atoms with Crippen molar-refractivity contribution in [2.75, 3.05) is 0 Å². The molecule has 0 bridgehead atoms. The third-order valence-electron chi connectivity index (χ3n) is 5.82. The highest BCUT2D eigenvalue weighted by molar-refractivity contribution is 5.84. The minimum Gasteiger partial charge on any atom is -0.351 e. The van der Waals surface area contributed by atoms with Gasteiger partial charge < -0.3 is 5.32 Å². The lowest BCUT2D eigenvalue weighted by molar-refractivity contribution is -0.123. The normalized spacial score (nSPS) is 19.2. The summed E-state index contributed by atoms with van der Waals surface area (Å²) < 4.78 is 1.31. The van der Waals surface area contributed by atoms with E-state index in [1.807, 2.05) is 30.3 Å². The summed E-state index contributed by atoms with van der Waals surface area (Å²) in [6.45, 7) is 2.12. The Bertz CT molecular complexity index is 1060. The number of nitrogens with one attached hydrogen (secondary N) is 1. The Morgan fingerprint density at radius 1 is 1.10 bits per heavy atom. The van der Waals surface area contributed by atoms with Crippen LogP contribution < -0.4 is 10.9 Å². The van der Waals surface area contributed by atoms with Crippen molar-refractivity contribution in [2.24, 2.45) is 5.92 Å². The van der Waals surface area contributed by atoms with E-state index >= 15 is 0 Å². The summed E-state index contributed by atoms with van der Waals surface area (Å²) in [7, 11) is 0. The Morgan fingerprint density at radius 2 is 1.83 bits per heavy atom. The third kappa shape index (κ3) is 4.36. The van der Waals surface area contributed by atoms with Crippen LogP contribution in [0.1, 0.15) is 43.9 Å². The Hall–Kier alpha value is -3.02. The summed E-state index contributed by atoms with van der Waals surface area (Å²) in [6, 6.07) is 11.5. The molecule has 29 heavy (non-hydrogen) atoms. The second-order valence-electron chi connectivity index (χ2n) is 7.92.